The zero-order valence-corrected chi connectivity index (χ0v) is 54.1. The van der Waals surface area contributed by atoms with E-state index in [1.54, 1.807) is 13.8 Å². The standard InChI is InChI=1S/C57H78N14O24S2/c1-4-25(2)44-53(86)62-18-42(77)64-36-23-96(89)55-31(16-34(50(83)61-19-43(78)68-44)65-54(87)45(26(3)38(75)21-72)69-52(85)37-14-28(74)20-71(37)56(88)35(17-41(58)76)66-51(36)84)30-7-6-29(15-33(30)67-55)95-97(90,91)24-27-5-8-39(93-57-48(81)47(80)46(79)40(22-73)94-57)32(13-27)49(82)60-9-11-92-12-10-63-70-59/h5-8,13,15,25-26,28,34-38,40,44-48,57,67,72-75,79-81H,4,9-12,14,16-24H2,1-3H3,(H2,58,76)(H,60,82)(H,61,83)(H,62,86)(H,64,77)(H,65,87)(H,66,84)(H,68,78)(H,69,85)/t25-,26-,28+,34-,35-,36-,37-,38-,40+,44-,45-,46-,47-,48+,57+,96?/m0/s1. The summed E-state index contributed by atoms with van der Waals surface area (Å²) in [4.78, 5) is 147. The van der Waals surface area contributed by atoms with Gasteiger partial charge in [0.15, 0.2) is 0 Å². The Labute approximate surface area is 555 Å². The van der Waals surface area contributed by atoms with E-state index < -0.39 is 240 Å². The molecule has 7 rings (SSSR count). The zero-order chi connectivity index (χ0) is 71.2. The van der Waals surface area contributed by atoms with Crippen molar-refractivity contribution in [2.45, 2.75) is 136 Å². The van der Waals surface area contributed by atoms with Gasteiger partial charge in [0.1, 0.15) is 82.9 Å². The fourth-order valence-electron chi connectivity index (χ4n) is 10.9. The van der Waals surface area contributed by atoms with Crippen molar-refractivity contribution in [1.82, 2.24) is 52.4 Å². The monoisotopic (exact) mass is 1410 g/mol. The number of carbonyl (C=O) groups excluding carboxylic acids is 10. The van der Waals surface area contributed by atoms with Gasteiger partial charge in [0, 0.05) is 54.8 Å². The number of nitrogens with zero attached hydrogens (tertiary/aromatic N) is 4. The number of benzene rings is 2. The summed E-state index contributed by atoms with van der Waals surface area (Å²) in [6.07, 6.45) is -14.0. The Morgan fingerprint density at radius 1 is 0.866 bits per heavy atom. The molecule has 2 bridgehead atoms. The lowest BCUT2D eigenvalue weighted by Crippen LogP contribution is -2.62. The highest BCUT2D eigenvalue weighted by atomic mass is 32.2. The van der Waals surface area contributed by atoms with Crippen molar-refractivity contribution in [2.75, 3.05) is 64.9 Å². The molecule has 5 heterocycles. The van der Waals surface area contributed by atoms with Crippen LogP contribution in [0.4, 0.5) is 0 Å². The summed E-state index contributed by atoms with van der Waals surface area (Å²) in [5, 5.41) is 95.5. The Hall–Kier alpha value is -8.67. The van der Waals surface area contributed by atoms with Gasteiger partial charge in [0.2, 0.25) is 59.5 Å². The SMILES string of the molecule is CC[C@H](C)[C@@H]1NC(=O)CNC(=O)[C@@H]2Cc3c([nH]c4cc(OS(=O)(=O)Cc5ccc(O[C@@H]6O[C@H](CO)[C@H](O)[C@H](O)[C@H]6O)c(C(=O)NCCOCCN=[N+]=[N-])c5)ccc34)S(=O)C[C@H](NC(=O)CNC1=O)C(=O)N[C@@H](CC(N)=O)C(=O)N1C[C@H](O)C[C@H]1C(=O)N[C@@H]([C@@H](C)[C@@H](O)CO)C(=O)N2. The molecule has 0 saturated carbocycles. The first-order valence-electron chi connectivity index (χ1n) is 30.5. The maximum atomic E-state index is 15.2. The molecule has 1 aromatic heterocycles. The number of azide groups is 1. The molecule has 1 unspecified atom stereocenters. The average Bonchev–Trinajstić information content (AvgIpc) is 1.69. The van der Waals surface area contributed by atoms with Crippen LogP contribution >= 0.6 is 0 Å². The topological polar surface area (TPSA) is 590 Å². The highest BCUT2D eigenvalue weighted by Crippen LogP contribution is 2.33. The predicted octanol–water partition coefficient (Wildman–Crippen LogP) is -7.48. The highest BCUT2D eigenvalue weighted by molar-refractivity contribution is 7.86. The number of aliphatic hydroxyl groups is 7. The van der Waals surface area contributed by atoms with Gasteiger partial charge in [-0.3, -0.25) is 52.2 Å². The van der Waals surface area contributed by atoms with Crippen LogP contribution in [-0.2, 0) is 85.7 Å². The van der Waals surface area contributed by atoms with E-state index in [2.05, 4.69) is 57.5 Å². The molecule has 0 aliphatic carbocycles. The number of amides is 10. The molecule has 16 atom stereocenters. The van der Waals surface area contributed by atoms with Crippen molar-refractivity contribution in [1.29, 1.82) is 0 Å². The van der Waals surface area contributed by atoms with Gasteiger partial charge in [-0.1, -0.05) is 38.4 Å². The maximum Gasteiger partial charge on any atom is 0.313 e. The van der Waals surface area contributed by atoms with Gasteiger partial charge in [-0.2, -0.15) is 8.42 Å². The lowest BCUT2D eigenvalue weighted by Gasteiger charge is -2.39. The maximum absolute atomic E-state index is 15.2. The van der Waals surface area contributed by atoms with Crippen molar-refractivity contribution >= 4 is 90.9 Å². The third-order valence-corrected chi connectivity index (χ3v) is 19.0. The van der Waals surface area contributed by atoms with E-state index >= 15 is 4.21 Å². The molecule has 2 saturated heterocycles. The number of nitrogens with one attached hydrogen (secondary N) is 9. The number of nitrogens with two attached hydrogens (primary N) is 1. The van der Waals surface area contributed by atoms with Crippen LogP contribution in [0.5, 0.6) is 11.5 Å². The summed E-state index contributed by atoms with van der Waals surface area (Å²) in [5.41, 5.74) is 13.3. The molecule has 4 aliphatic heterocycles. The zero-order valence-electron chi connectivity index (χ0n) is 52.5. The molecule has 18 N–H and O–H groups in total. The molecular weight excluding hydrogens is 1330 g/mol. The van der Waals surface area contributed by atoms with E-state index in [-0.39, 0.29) is 71.1 Å². The van der Waals surface area contributed by atoms with Gasteiger partial charge in [0.05, 0.1) is 85.8 Å². The first kappa shape index (κ1) is 75.7. The van der Waals surface area contributed by atoms with Crippen LogP contribution in [-0.4, -0.2) is 261 Å². The number of aromatic nitrogens is 1. The quantitative estimate of drug-likeness (QED) is 0.0155. The van der Waals surface area contributed by atoms with Crippen molar-refractivity contribution in [3.8, 4) is 11.5 Å². The van der Waals surface area contributed by atoms with Crippen LogP contribution in [0, 0.1) is 11.8 Å². The Balaban J connectivity index is 1.32. The number of fused-ring (bicyclic) bond motifs is 5. The number of carbonyl (C=O) groups is 10. The van der Waals surface area contributed by atoms with Crippen LogP contribution in [0.25, 0.3) is 21.3 Å². The molecule has 3 aromatic rings. The molecule has 2 aromatic carbocycles. The Kier molecular flexibility index (Phi) is 26.5. The molecule has 0 spiro atoms. The molecular formula is C57H78N14O24S2. The van der Waals surface area contributed by atoms with E-state index in [4.69, 9.17) is 29.7 Å². The first-order valence-corrected chi connectivity index (χ1v) is 33.4. The van der Waals surface area contributed by atoms with E-state index in [1.165, 1.54) is 19.1 Å². The van der Waals surface area contributed by atoms with Gasteiger partial charge in [-0.15, -0.1) is 0 Å². The van der Waals surface area contributed by atoms with Crippen molar-refractivity contribution in [3.05, 3.63) is 63.5 Å². The van der Waals surface area contributed by atoms with Gasteiger partial charge < -0.3 is 112 Å². The fraction of sp³-hybridized carbons (Fsp3) is 0.579. The van der Waals surface area contributed by atoms with Crippen LogP contribution < -0.4 is 57.2 Å². The molecule has 532 valence electrons. The molecule has 0 radical (unpaired) electrons. The Morgan fingerprint density at radius 2 is 1.58 bits per heavy atom. The van der Waals surface area contributed by atoms with E-state index in [0.717, 1.165) is 29.2 Å². The number of hydrogen-bond acceptors (Lipinski definition) is 25. The summed E-state index contributed by atoms with van der Waals surface area (Å²) in [5.74, 6) is -15.9. The Bertz CT molecular complexity index is 3630. The molecule has 40 heteroatoms. The fourth-order valence-corrected chi connectivity index (χ4v) is 13.4. The molecule has 10 amide bonds. The number of rotatable bonds is 21. The summed E-state index contributed by atoms with van der Waals surface area (Å²) in [7, 11) is -7.47. The number of aromatic amines is 1. The third-order valence-electron chi connectivity index (χ3n) is 16.4. The molecule has 2 fully saturated rings. The van der Waals surface area contributed by atoms with Crippen molar-refractivity contribution in [2.24, 2.45) is 22.7 Å². The minimum absolute atomic E-state index is 0.00717. The van der Waals surface area contributed by atoms with Crippen LogP contribution in [0.15, 0.2) is 46.5 Å². The third kappa shape index (κ3) is 19.6. The molecule has 97 heavy (non-hydrogen) atoms. The normalized spacial score (nSPS) is 27.5. The summed E-state index contributed by atoms with van der Waals surface area (Å²) >= 11 is 0. The number of primary amides is 1. The number of aliphatic hydroxyl groups excluding tert-OH is 7. The second kappa shape index (κ2) is 34.0. The summed E-state index contributed by atoms with van der Waals surface area (Å²) < 4.78 is 65.6. The number of hydrogen-bond donors (Lipinski definition) is 17. The van der Waals surface area contributed by atoms with Gasteiger partial charge in [-0.05, 0) is 46.8 Å². The van der Waals surface area contributed by atoms with Crippen molar-refractivity contribution in [3.63, 3.8) is 0 Å². The lowest BCUT2D eigenvalue weighted by molar-refractivity contribution is -0.277. The van der Waals surface area contributed by atoms with E-state index in [9.17, 15) is 92.1 Å². The molecule has 38 nitrogen and oxygen atoms in total. The van der Waals surface area contributed by atoms with E-state index in [1.807, 2.05) is 0 Å². The number of ether oxygens (including phenoxy) is 3. The van der Waals surface area contributed by atoms with Crippen LogP contribution in [0.3, 0.4) is 0 Å². The minimum Gasteiger partial charge on any atom is -0.461 e. The first-order chi connectivity index (χ1) is 46.0. The van der Waals surface area contributed by atoms with Crippen molar-refractivity contribution < 1.29 is 115 Å². The Morgan fingerprint density at radius 3 is 2.26 bits per heavy atom. The predicted molar refractivity (Wildman–Crippen MR) is 332 cm³/mol. The minimum atomic E-state index is -4.82. The second-order valence-electron chi connectivity index (χ2n) is 23.4. The smallest absolute Gasteiger partial charge is 0.313 e. The van der Waals surface area contributed by atoms with E-state index in [0.29, 0.717) is 0 Å². The van der Waals surface area contributed by atoms with Gasteiger partial charge >= 0.3 is 10.1 Å². The molecule has 4 aliphatic rings. The van der Waals surface area contributed by atoms with Crippen LogP contribution in [0.2, 0.25) is 0 Å². The average molecular weight is 1410 g/mol. The summed E-state index contributed by atoms with van der Waals surface area (Å²) in [6.45, 7) is 0.0469. The van der Waals surface area contributed by atoms with Gasteiger partial charge in [-0.25, -0.2) is 0 Å². The second-order valence-corrected chi connectivity index (χ2v) is 26.4. The largest absolute Gasteiger partial charge is 0.461 e. The number of H-pyrrole nitrogens is 1. The van der Waals surface area contributed by atoms with Crippen LogP contribution in [0.1, 0.15) is 61.5 Å². The summed E-state index contributed by atoms with van der Waals surface area (Å²) in [6, 6.07) is -4.03. The lowest BCUT2D eigenvalue weighted by atomic mass is 9.93. The van der Waals surface area contributed by atoms with Gasteiger partial charge in [0.25, 0.3) is 5.91 Å². The highest BCUT2D eigenvalue weighted by Gasteiger charge is 2.47.